The first-order valence-electron chi connectivity index (χ1n) is 6.26. The summed E-state index contributed by atoms with van der Waals surface area (Å²) in [4.78, 5) is 0. The van der Waals surface area contributed by atoms with Crippen LogP contribution in [0.15, 0.2) is 12.1 Å². The van der Waals surface area contributed by atoms with Crippen LogP contribution in [0.1, 0.15) is 16.8 Å². The first-order valence-corrected chi connectivity index (χ1v) is 7.01. The molecule has 0 aliphatic rings. The molecule has 0 amide bonds. The van der Waals surface area contributed by atoms with E-state index in [1.165, 1.54) is 6.07 Å². The van der Waals surface area contributed by atoms with E-state index in [2.05, 4.69) is 5.10 Å². The highest BCUT2D eigenvalue weighted by molar-refractivity contribution is 6.38. The van der Waals surface area contributed by atoms with E-state index < -0.39 is 51.5 Å². The molecule has 2 N–H and O–H groups in total. The van der Waals surface area contributed by atoms with Crippen molar-refractivity contribution in [2.75, 3.05) is 5.73 Å². The normalized spacial score (nSPS) is 12.3. The summed E-state index contributed by atoms with van der Waals surface area (Å²) in [6.07, 6.45) is -11.0. The molecule has 1 aromatic heterocycles. The highest BCUT2D eigenvalue weighted by Crippen LogP contribution is 2.39. The fraction of sp³-hybridized carbons (Fsp3) is 0.231. The molecule has 0 saturated heterocycles. The van der Waals surface area contributed by atoms with Gasteiger partial charge in [-0.3, -0.25) is 0 Å². The van der Waals surface area contributed by atoms with E-state index in [4.69, 9.17) is 34.2 Å². The Labute approximate surface area is 146 Å². The van der Waals surface area contributed by atoms with E-state index in [-0.39, 0.29) is 5.69 Å². The zero-order valence-corrected chi connectivity index (χ0v) is 13.3. The smallest absolute Gasteiger partial charge is 0.383 e. The van der Waals surface area contributed by atoms with Crippen LogP contribution in [0.3, 0.4) is 0 Å². The second kappa shape index (κ2) is 6.31. The first-order chi connectivity index (χ1) is 11.3. The van der Waals surface area contributed by atoms with Gasteiger partial charge in [0.1, 0.15) is 17.6 Å². The zero-order chi connectivity index (χ0) is 19.2. The molecule has 0 bridgehead atoms. The van der Waals surface area contributed by atoms with E-state index in [0.717, 1.165) is 0 Å². The van der Waals surface area contributed by atoms with Crippen molar-refractivity contribution in [3.8, 4) is 11.8 Å². The molecule has 0 saturated carbocycles. The Hall–Kier alpha value is -2.12. The number of hydrogen-bond acceptors (Lipinski definition) is 3. The predicted octanol–water partition coefficient (Wildman–Crippen LogP) is 4.76. The summed E-state index contributed by atoms with van der Waals surface area (Å²) in [6, 6.07) is 2.50. The van der Waals surface area contributed by atoms with Gasteiger partial charge in [0.05, 0.1) is 22.0 Å². The molecule has 0 aliphatic carbocycles. The summed E-state index contributed by atoms with van der Waals surface area (Å²) in [6.45, 7) is 0. The number of nitrogens with two attached hydrogens (primary N) is 1. The molecule has 0 atom stereocenters. The Kier molecular flexibility index (Phi) is 4.85. The van der Waals surface area contributed by atoms with Gasteiger partial charge >= 0.3 is 12.4 Å². The van der Waals surface area contributed by atoms with Gasteiger partial charge in [-0.2, -0.15) is 36.7 Å². The van der Waals surface area contributed by atoms with Crippen molar-refractivity contribution in [2.45, 2.75) is 18.8 Å². The lowest BCUT2D eigenvalue weighted by atomic mass is 10.1. The number of rotatable bonds is 2. The van der Waals surface area contributed by atoms with Gasteiger partial charge < -0.3 is 5.73 Å². The molecule has 0 spiro atoms. The molecule has 0 radical (unpaired) electrons. The minimum absolute atomic E-state index is 0.362. The third-order valence-electron chi connectivity index (χ3n) is 3.06. The number of hydrogen-bond donors (Lipinski definition) is 1. The van der Waals surface area contributed by atoms with Crippen LogP contribution in [-0.4, -0.2) is 16.0 Å². The molecule has 1 aromatic carbocycles. The maximum atomic E-state index is 12.7. The van der Waals surface area contributed by atoms with Crippen LogP contribution in [0.2, 0.25) is 10.0 Å². The van der Waals surface area contributed by atoms with Gasteiger partial charge in [-0.1, -0.05) is 23.2 Å². The molecule has 1 heterocycles. The van der Waals surface area contributed by atoms with Crippen molar-refractivity contribution < 1.29 is 26.3 Å². The highest BCUT2D eigenvalue weighted by atomic mass is 35.5. The van der Waals surface area contributed by atoms with Crippen LogP contribution in [0.4, 0.5) is 32.2 Å². The van der Waals surface area contributed by atoms with Crippen molar-refractivity contribution in [3.05, 3.63) is 39.0 Å². The van der Waals surface area contributed by atoms with Crippen molar-refractivity contribution in [2.24, 2.45) is 0 Å². The molecule has 0 unspecified atom stereocenters. The summed E-state index contributed by atoms with van der Waals surface area (Å²) in [5.41, 5.74) is 2.81. The van der Waals surface area contributed by atoms with Crippen LogP contribution < -0.4 is 5.73 Å². The van der Waals surface area contributed by atoms with Gasteiger partial charge in [-0.25, -0.2) is 4.68 Å². The van der Waals surface area contributed by atoms with E-state index in [1.54, 1.807) is 0 Å². The number of nitriles is 1. The number of alkyl halides is 6. The summed E-state index contributed by atoms with van der Waals surface area (Å²) < 4.78 is 76.7. The van der Waals surface area contributed by atoms with Gasteiger partial charge in [0.2, 0.25) is 0 Å². The number of anilines is 1. The van der Waals surface area contributed by atoms with E-state index in [9.17, 15) is 26.3 Å². The SMILES string of the molecule is N#Cc1nn(-c2c(Cl)cc(C(F)(F)F)cc2Cl)c(N)c1CC(F)(F)F. The second-order valence-electron chi connectivity index (χ2n) is 4.81. The fourth-order valence-corrected chi connectivity index (χ4v) is 2.68. The molecule has 2 aromatic rings. The standard InChI is InChI=1S/C13H6Cl2F6N4/c14-7-1-5(13(19,20)21)2-8(15)10(7)25-11(23)6(3-12(16,17)18)9(4-22)24-25/h1-2H,3,23H2. The maximum absolute atomic E-state index is 12.7. The number of nitrogens with zero attached hydrogens (tertiary/aromatic N) is 3. The van der Waals surface area contributed by atoms with Crippen LogP contribution >= 0.6 is 23.2 Å². The Balaban J connectivity index is 2.66. The van der Waals surface area contributed by atoms with Gasteiger partial charge in [0, 0.05) is 5.56 Å². The van der Waals surface area contributed by atoms with E-state index in [1.807, 2.05) is 0 Å². The first kappa shape index (κ1) is 19.2. The topological polar surface area (TPSA) is 67.6 Å². The van der Waals surface area contributed by atoms with Crippen molar-refractivity contribution >= 4 is 29.0 Å². The van der Waals surface area contributed by atoms with Crippen molar-refractivity contribution in [1.82, 2.24) is 9.78 Å². The number of halogens is 8. The van der Waals surface area contributed by atoms with Crippen LogP contribution in [0.5, 0.6) is 0 Å². The molecule has 25 heavy (non-hydrogen) atoms. The molecular formula is C13H6Cl2F6N4. The molecule has 0 fully saturated rings. The third kappa shape index (κ3) is 3.93. The quantitative estimate of drug-likeness (QED) is 0.736. The van der Waals surface area contributed by atoms with E-state index in [0.29, 0.717) is 16.8 Å². The molecule has 0 aliphatic heterocycles. The zero-order valence-electron chi connectivity index (χ0n) is 11.8. The third-order valence-corrected chi connectivity index (χ3v) is 3.64. The number of nitrogen functional groups attached to an aromatic ring is 1. The van der Waals surface area contributed by atoms with Crippen LogP contribution in [-0.2, 0) is 12.6 Å². The van der Waals surface area contributed by atoms with Gasteiger partial charge in [-0.15, -0.1) is 0 Å². The van der Waals surface area contributed by atoms with Gasteiger partial charge in [0.25, 0.3) is 0 Å². The fourth-order valence-electron chi connectivity index (χ4n) is 2.03. The summed E-state index contributed by atoms with van der Waals surface area (Å²) in [5.74, 6) is -0.600. The largest absolute Gasteiger partial charge is 0.416 e. The minimum atomic E-state index is -4.74. The molecule has 134 valence electrons. The Bertz CT molecular complexity index is 840. The lowest BCUT2D eigenvalue weighted by Crippen LogP contribution is -2.14. The van der Waals surface area contributed by atoms with Crippen LogP contribution in [0, 0.1) is 11.3 Å². The van der Waals surface area contributed by atoms with Gasteiger partial charge in [-0.05, 0) is 12.1 Å². The van der Waals surface area contributed by atoms with Crippen molar-refractivity contribution in [3.63, 3.8) is 0 Å². The summed E-state index contributed by atoms with van der Waals surface area (Å²) in [5, 5.41) is 11.4. The Morgan fingerprint density at radius 3 is 2.04 bits per heavy atom. The van der Waals surface area contributed by atoms with Crippen LogP contribution in [0.25, 0.3) is 5.69 Å². The Morgan fingerprint density at radius 1 is 1.12 bits per heavy atom. The second-order valence-corrected chi connectivity index (χ2v) is 5.63. The molecule has 4 nitrogen and oxygen atoms in total. The predicted molar refractivity (Wildman–Crippen MR) is 77.5 cm³/mol. The molecule has 12 heteroatoms. The Morgan fingerprint density at radius 2 is 1.64 bits per heavy atom. The van der Waals surface area contributed by atoms with Crippen molar-refractivity contribution in [1.29, 1.82) is 5.26 Å². The molecular weight excluding hydrogens is 397 g/mol. The average molecular weight is 403 g/mol. The van der Waals surface area contributed by atoms with Gasteiger partial charge in [0.15, 0.2) is 5.69 Å². The summed E-state index contributed by atoms with van der Waals surface area (Å²) >= 11 is 11.6. The average Bonchev–Trinajstić information content (AvgIpc) is 2.73. The monoisotopic (exact) mass is 402 g/mol. The molecule has 2 rings (SSSR count). The summed E-state index contributed by atoms with van der Waals surface area (Å²) in [7, 11) is 0. The maximum Gasteiger partial charge on any atom is 0.416 e. The minimum Gasteiger partial charge on any atom is -0.383 e. The highest BCUT2D eigenvalue weighted by Gasteiger charge is 2.35. The lowest BCUT2D eigenvalue weighted by molar-refractivity contribution is -0.137. The number of aromatic nitrogens is 2. The lowest BCUT2D eigenvalue weighted by Gasteiger charge is -2.13. The number of benzene rings is 1. The van der Waals surface area contributed by atoms with E-state index >= 15 is 0 Å².